The predicted molar refractivity (Wildman–Crippen MR) is 203 cm³/mol. The van der Waals surface area contributed by atoms with Crippen LogP contribution in [-0.4, -0.2) is 78.6 Å². The molecule has 0 bridgehead atoms. The number of hydrogen-bond donors (Lipinski definition) is 1. The maximum absolute atomic E-state index is 15.0. The van der Waals surface area contributed by atoms with Gasteiger partial charge in [0.15, 0.2) is 0 Å². The van der Waals surface area contributed by atoms with Crippen LogP contribution < -0.4 is 5.32 Å². The first-order valence-corrected chi connectivity index (χ1v) is 18.6. The number of allylic oxidation sites excluding steroid dienone is 2. The van der Waals surface area contributed by atoms with E-state index < -0.39 is 23.2 Å². The number of amides is 3. The molecule has 0 saturated carbocycles. The second-order valence-electron chi connectivity index (χ2n) is 17.0. The third kappa shape index (κ3) is 7.98. The van der Waals surface area contributed by atoms with Crippen molar-refractivity contribution in [1.82, 2.24) is 15.1 Å². The van der Waals surface area contributed by atoms with Gasteiger partial charge in [0.25, 0.3) is 0 Å². The van der Waals surface area contributed by atoms with E-state index >= 15 is 0 Å². The molecular formula is C43H57N3O6. The Morgan fingerprint density at radius 1 is 0.885 bits per heavy atom. The number of likely N-dealkylation sites (tertiary alicyclic amines) is 1. The zero-order valence-corrected chi connectivity index (χ0v) is 32.5. The number of ether oxygens (including phenoxy) is 2. The number of carbonyl (C=O) groups is 4. The molecule has 1 fully saturated rings. The molecule has 9 nitrogen and oxygen atoms in total. The minimum atomic E-state index is -0.779. The monoisotopic (exact) mass is 711 g/mol. The minimum Gasteiger partial charge on any atom is -0.465 e. The van der Waals surface area contributed by atoms with Gasteiger partial charge in [0.1, 0.15) is 11.6 Å². The van der Waals surface area contributed by atoms with Gasteiger partial charge < -0.3 is 24.6 Å². The summed E-state index contributed by atoms with van der Waals surface area (Å²) in [5, 5.41) is 2.83. The second-order valence-corrected chi connectivity index (χ2v) is 17.0. The quantitative estimate of drug-likeness (QED) is 0.224. The molecule has 3 aliphatic rings. The van der Waals surface area contributed by atoms with Crippen molar-refractivity contribution in [3.05, 3.63) is 89.0 Å². The van der Waals surface area contributed by atoms with E-state index in [2.05, 4.69) is 38.2 Å². The molecule has 52 heavy (non-hydrogen) atoms. The van der Waals surface area contributed by atoms with E-state index in [1.807, 2.05) is 78.2 Å². The van der Waals surface area contributed by atoms with Gasteiger partial charge in [0.2, 0.25) is 11.8 Å². The summed E-state index contributed by atoms with van der Waals surface area (Å²) in [5.41, 5.74) is 3.10. The summed E-state index contributed by atoms with van der Waals surface area (Å²) in [7, 11) is 1.39. The Bertz CT molecular complexity index is 1710. The molecule has 5 rings (SSSR count). The highest BCUT2D eigenvalue weighted by Gasteiger charge is 2.51. The fraction of sp³-hybridized carbons (Fsp3) is 0.535. The first-order valence-electron chi connectivity index (χ1n) is 18.6. The van der Waals surface area contributed by atoms with Crippen LogP contribution in [0.1, 0.15) is 103 Å². The third-order valence-electron chi connectivity index (χ3n) is 11.1. The summed E-state index contributed by atoms with van der Waals surface area (Å²) in [4.78, 5) is 57.5. The van der Waals surface area contributed by atoms with Gasteiger partial charge in [-0.2, -0.15) is 0 Å². The van der Waals surface area contributed by atoms with Gasteiger partial charge in [-0.05, 0) is 81.2 Å². The molecule has 2 atom stereocenters. The van der Waals surface area contributed by atoms with Crippen LogP contribution in [0.2, 0.25) is 0 Å². The Labute approximate surface area is 309 Å². The van der Waals surface area contributed by atoms with E-state index in [1.165, 1.54) is 18.3 Å². The number of carbonyl (C=O) groups excluding carboxylic acids is 4. The van der Waals surface area contributed by atoms with Crippen molar-refractivity contribution in [3.8, 4) is 0 Å². The zero-order valence-electron chi connectivity index (χ0n) is 32.5. The van der Waals surface area contributed by atoms with Gasteiger partial charge in [-0.1, -0.05) is 94.8 Å². The molecule has 0 radical (unpaired) electrons. The third-order valence-corrected chi connectivity index (χ3v) is 11.1. The Kier molecular flexibility index (Phi) is 11.1. The number of nitrogens with zero attached hydrogens (tertiary/aromatic N) is 2. The molecule has 2 aromatic carbocycles. The lowest BCUT2D eigenvalue weighted by Crippen LogP contribution is -2.59. The van der Waals surface area contributed by atoms with Crippen molar-refractivity contribution in [1.29, 1.82) is 0 Å². The molecule has 9 heteroatoms. The van der Waals surface area contributed by atoms with E-state index in [-0.39, 0.29) is 34.5 Å². The summed E-state index contributed by atoms with van der Waals surface area (Å²) in [6.07, 6.45) is 6.20. The van der Waals surface area contributed by atoms with Crippen molar-refractivity contribution >= 4 is 29.5 Å². The molecule has 2 heterocycles. The van der Waals surface area contributed by atoms with Crippen molar-refractivity contribution in [2.75, 3.05) is 33.3 Å². The number of esters is 1. The lowest BCUT2D eigenvalue weighted by atomic mass is 9.58. The number of alkyl carbamates (subject to hydrolysis) is 1. The van der Waals surface area contributed by atoms with Crippen LogP contribution in [0.5, 0.6) is 0 Å². The van der Waals surface area contributed by atoms with Gasteiger partial charge >= 0.3 is 12.1 Å². The molecular weight excluding hydrogens is 654 g/mol. The minimum absolute atomic E-state index is 0.0962. The van der Waals surface area contributed by atoms with Crippen LogP contribution in [-0.2, 0) is 24.5 Å². The Hall–Kier alpha value is -4.40. The lowest BCUT2D eigenvalue weighted by Gasteiger charge is -2.52. The van der Waals surface area contributed by atoms with Crippen LogP contribution in [0.15, 0.2) is 72.3 Å². The average molecular weight is 712 g/mol. The molecule has 1 N–H and O–H groups in total. The number of fused-ring (bicyclic) bond motifs is 1. The number of rotatable bonds is 8. The van der Waals surface area contributed by atoms with Crippen molar-refractivity contribution in [2.45, 2.75) is 98.1 Å². The van der Waals surface area contributed by atoms with E-state index in [4.69, 9.17) is 9.47 Å². The smallest absolute Gasteiger partial charge is 0.408 e. The maximum atomic E-state index is 15.0. The summed E-state index contributed by atoms with van der Waals surface area (Å²) < 4.78 is 10.4. The summed E-state index contributed by atoms with van der Waals surface area (Å²) >= 11 is 0. The maximum Gasteiger partial charge on any atom is 0.408 e. The molecule has 0 aromatic heterocycles. The Balaban J connectivity index is 1.36. The summed E-state index contributed by atoms with van der Waals surface area (Å²) in [6, 6.07) is 16.9. The molecule has 1 saturated heterocycles. The fourth-order valence-corrected chi connectivity index (χ4v) is 8.63. The largest absolute Gasteiger partial charge is 0.465 e. The molecule has 2 aliphatic heterocycles. The van der Waals surface area contributed by atoms with Crippen LogP contribution in [0, 0.1) is 16.7 Å². The number of hydrogen-bond acceptors (Lipinski definition) is 6. The van der Waals surface area contributed by atoms with Crippen molar-refractivity contribution in [3.63, 3.8) is 0 Å². The highest BCUT2D eigenvalue weighted by atomic mass is 16.6. The number of methoxy groups -OCH3 is 1. The van der Waals surface area contributed by atoms with Crippen LogP contribution in [0.3, 0.4) is 0 Å². The van der Waals surface area contributed by atoms with E-state index in [0.29, 0.717) is 51.0 Å². The Morgan fingerprint density at radius 3 is 2.10 bits per heavy atom. The molecule has 2 aromatic rings. The lowest BCUT2D eigenvalue weighted by molar-refractivity contribution is -0.144. The second kappa shape index (κ2) is 14.9. The van der Waals surface area contributed by atoms with Gasteiger partial charge in [-0.15, -0.1) is 0 Å². The summed E-state index contributed by atoms with van der Waals surface area (Å²) in [5.74, 6) is -0.218. The first kappa shape index (κ1) is 38.8. The first-order chi connectivity index (χ1) is 24.4. The highest BCUT2D eigenvalue weighted by Crippen LogP contribution is 2.55. The van der Waals surface area contributed by atoms with Gasteiger partial charge in [0, 0.05) is 37.0 Å². The predicted octanol–water partition coefficient (Wildman–Crippen LogP) is 7.56. The van der Waals surface area contributed by atoms with Gasteiger partial charge in [-0.25, -0.2) is 9.59 Å². The molecule has 3 amide bonds. The zero-order chi connectivity index (χ0) is 38.1. The molecule has 1 unspecified atom stereocenters. The van der Waals surface area contributed by atoms with Gasteiger partial charge in [0.05, 0.1) is 18.1 Å². The van der Waals surface area contributed by atoms with Crippen molar-refractivity contribution < 1.29 is 28.7 Å². The van der Waals surface area contributed by atoms with E-state index in [0.717, 1.165) is 17.5 Å². The number of benzene rings is 2. The van der Waals surface area contributed by atoms with E-state index in [9.17, 15) is 19.2 Å². The van der Waals surface area contributed by atoms with Crippen LogP contribution in [0.25, 0.3) is 5.57 Å². The fourth-order valence-electron chi connectivity index (χ4n) is 8.63. The number of piperidine rings is 1. The molecule has 0 spiro atoms. The summed E-state index contributed by atoms with van der Waals surface area (Å²) in [6.45, 7) is 18.1. The molecule has 280 valence electrons. The Morgan fingerprint density at radius 2 is 1.52 bits per heavy atom. The molecule has 1 aliphatic carbocycles. The highest BCUT2D eigenvalue weighted by molar-refractivity contribution is 5.91. The van der Waals surface area contributed by atoms with Crippen LogP contribution >= 0.6 is 0 Å². The topological polar surface area (TPSA) is 105 Å². The van der Waals surface area contributed by atoms with Crippen LogP contribution in [0.4, 0.5) is 4.79 Å². The standard InChI is InChI=1S/C43H57N3O6/c1-29(2)27-34(44-39(50)52-40(3,4)5)36(47)45-25-22-43(23-26-45,32-13-11-10-12-14-32)38(49)46-24-20-35-41(6,7)33(19-21-42(35,8)28-46)30-15-17-31(18-16-30)37(48)51-9/h10-20,29,34H,21-28H2,1-9H3,(H,44,50)/t34?,42-/m1/s1. The number of nitrogens with one attached hydrogen (secondary N) is 1. The normalized spacial score (nSPS) is 21.7. The SMILES string of the molecule is COC(=O)c1ccc(C2=CC[C@]3(C)CN(C(=O)C4(c5ccccc5)CCN(C(=O)C(CC(C)C)NC(=O)OC(C)(C)C)CC4)CC=C3C2(C)C)cc1. The average Bonchev–Trinajstić information content (AvgIpc) is 3.09. The van der Waals surface area contributed by atoms with Gasteiger partial charge in [-0.3, -0.25) is 9.59 Å². The van der Waals surface area contributed by atoms with E-state index in [1.54, 1.807) is 20.8 Å². The van der Waals surface area contributed by atoms with Crippen molar-refractivity contribution in [2.24, 2.45) is 16.7 Å².